The maximum atomic E-state index is 11.0. The van der Waals surface area contributed by atoms with E-state index >= 15 is 0 Å². The zero-order chi connectivity index (χ0) is 13.9. The number of esters is 1. The number of rotatable bonds is 4. The number of carbonyl (C=O) groups excluding carboxylic acids is 1. The monoisotopic (exact) mass is 274 g/mol. The van der Waals surface area contributed by atoms with Gasteiger partial charge in [-0.15, -0.1) is 0 Å². The molecule has 0 aromatic heterocycles. The molecule has 0 radical (unpaired) electrons. The summed E-state index contributed by atoms with van der Waals surface area (Å²) in [6.45, 7) is 0. The Kier molecular flexibility index (Phi) is 4.66. The van der Waals surface area contributed by atoms with Gasteiger partial charge >= 0.3 is 11.9 Å². The third kappa shape index (κ3) is 2.98. The second-order valence-electron chi connectivity index (χ2n) is 3.46. The molecule has 1 aromatic rings. The summed E-state index contributed by atoms with van der Waals surface area (Å²) in [5.74, 6) is -2.30. The fourth-order valence-electron chi connectivity index (χ4n) is 1.32. The van der Waals surface area contributed by atoms with Gasteiger partial charge in [-0.2, -0.15) is 0 Å². The van der Waals surface area contributed by atoms with Crippen LogP contribution in [0.25, 0.3) is 0 Å². The van der Waals surface area contributed by atoms with Gasteiger partial charge in [0.05, 0.1) is 17.7 Å². The van der Waals surface area contributed by atoms with Gasteiger partial charge in [0.2, 0.25) is 0 Å². The highest BCUT2D eigenvalue weighted by molar-refractivity contribution is 6.33. The Morgan fingerprint density at radius 3 is 2.44 bits per heavy atom. The van der Waals surface area contributed by atoms with E-state index in [9.17, 15) is 19.8 Å². The molecule has 18 heavy (non-hydrogen) atoms. The lowest BCUT2D eigenvalue weighted by molar-refractivity contribution is -0.156. The number of carboxylic acids is 1. The predicted molar refractivity (Wildman–Crippen MR) is 61.4 cm³/mol. The van der Waals surface area contributed by atoms with Gasteiger partial charge in [0.1, 0.15) is 6.10 Å². The third-order valence-corrected chi connectivity index (χ3v) is 2.63. The normalized spacial score (nSPS) is 13.8. The molecule has 0 amide bonds. The van der Waals surface area contributed by atoms with Crippen LogP contribution >= 0.6 is 11.6 Å². The maximum Gasteiger partial charge on any atom is 0.337 e. The predicted octanol–water partition coefficient (Wildman–Crippen LogP) is 0.606. The minimum absolute atomic E-state index is 0.00833. The zero-order valence-electron chi connectivity index (χ0n) is 9.33. The second-order valence-corrected chi connectivity index (χ2v) is 3.86. The first kappa shape index (κ1) is 14.4. The molecule has 0 saturated carbocycles. The number of aromatic carboxylic acids is 1. The van der Waals surface area contributed by atoms with Crippen molar-refractivity contribution in [2.24, 2.45) is 0 Å². The van der Waals surface area contributed by atoms with Crippen molar-refractivity contribution in [1.82, 2.24) is 0 Å². The van der Waals surface area contributed by atoms with Crippen molar-refractivity contribution in [2.45, 2.75) is 12.2 Å². The Hall–Kier alpha value is -1.63. The average molecular weight is 275 g/mol. The summed E-state index contributed by atoms with van der Waals surface area (Å²) in [4.78, 5) is 21.9. The van der Waals surface area contributed by atoms with Gasteiger partial charge in [0.25, 0.3) is 0 Å². The van der Waals surface area contributed by atoms with Crippen molar-refractivity contribution >= 4 is 23.5 Å². The van der Waals surface area contributed by atoms with Crippen molar-refractivity contribution < 1.29 is 29.6 Å². The minimum Gasteiger partial charge on any atom is -0.478 e. The van der Waals surface area contributed by atoms with Crippen LogP contribution in [0.4, 0.5) is 0 Å². The molecule has 1 aromatic carbocycles. The molecule has 2 unspecified atom stereocenters. The summed E-state index contributed by atoms with van der Waals surface area (Å²) in [6.07, 6.45) is -3.38. The van der Waals surface area contributed by atoms with Crippen molar-refractivity contribution in [3.63, 3.8) is 0 Å². The van der Waals surface area contributed by atoms with Crippen LogP contribution in [0.3, 0.4) is 0 Å². The summed E-state index contributed by atoms with van der Waals surface area (Å²) in [5, 5.41) is 28.0. The highest BCUT2D eigenvalue weighted by atomic mass is 35.5. The first-order chi connectivity index (χ1) is 8.38. The van der Waals surface area contributed by atoms with Crippen LogP contribution in [0.15, 0.2) is 18.2 Å². The van der Waals surface area contributed by atoms with Crippen LogP contribution < -0.4 is 0 Å². The Labute approximate surface area is 107 Å². The van der Waals surface area contributed by atoms with E-state index in [-0.39, 0.29) is 16.1 Å². The number of benzene rings is 1. The molecular formula is C11H11ClO6. The van der Waals surface area contributed by atoms with Crippen molar-refractivity contribution in [1.29, 1.82) is 0 Å². The number of hydrogen-bond acceptors (Lipinski definition) is 5. The number of hydrogen-bond donors (Lipinski definition) is 3. The summed E-state index contributed by atoms with van der Waals surface area (Å²) < 4.78 is 4.26. The standard InChI is InChI=1S/C11H11ClO6/c1-18-11(17)9(14)8(13)5-2-3-7(12)6(4-5)10(15)16/h2-4,8-9,13-14H,1H3,(H,15,16). The fourth-order valence-corrected chi connectivity index (χ4v) is 1.52. The molecule has 0 spiro atoms. The van der Waals surface area contributed by atoms with Crippen LogP contribution in [-0.4, -0.2) is 40.5 Å². The number of aliphatic hydroxyl groups is 2. The quantitative estimate of drug-likeness (QED) is 0.695. The molecule has 0 aliphatic carbocycles. The van der Waals surface area contributed by atoms with E-state index in [4.69, 9.17) is 16.7 Å². The fraction of sp³-hybridized carbons (Fsp3) is 0.273. The number of carbonyl (C=O) groups is 2. The third-order valence-electron chi connectivity index (χ3n) is 2.30. The van der Waals surface area contributed by atoms with Crippen molar-refractivity contribution in [3.8, 4) is 0 Å². The Balaban J connectivity index is 3.07. The summed E-state index contributed by atoms with van der Waals surface area (Å²) in [6, 6.07) is 3.65. The number of aliphatic hydroxyl groups excluding tert-OH is 2. The summed E-state index contributed by atoms with van der Waals surface area (Å²) in [7, 11) is 1.06. The molecule has 6 nitrogen and oxygen atoms in total. The molecule has 3 N–H and O–H groups in total. The first-order valence-corrected chi connectivity index (χ1v) is 5.23. The average Bonchev–Trinajstić information content (AvgIpc) is 2.36. The van der Waals surface area contributed by atoms with Gasteiger partial charge in [0.15, 0.2) is 6.10 Å². The number of carboxylic acid groups (broad SMARTS) is 1. The molecule has 0 heterocycles. The molecule has 0 fully saturated rings. The van der Waals surface area contributed by atoms with Crippen molar-refractivity contribution in [3.05, 3.63) is 34.3 Å². The van der Waals surface area contributed by atoms with Gasteiger partial charge in [-0.05, 0) is 17.7 Å². The van der Waals surface area contributed by atoms with Crippen LogP contribution in [0.5, 0.6) is 0 Å². The van der Waals surface area contributed by atoms with Crippen LogP contribution in [0, 0.1) is 0 Å². The molecule has 0 saturated heterocycles. The lowest BCUT2D eigenvalue weighted by Gasteiger charge is -2.16. The Morgan fingerprint density at radius 1 is 1.33 bits per heavy atom. The summed E-state index contributed by atoms with van der Waals surface area (Å²) in [5.41, 5.74) is -0.181. The summed E-state index contributed by atoms with van der Waals surface area (Å²) >= 11 is 5.65. The second kappa shape index (κ2) is 5.81. The van der Waals surface area contributed by atoms with Crippen molar-refractivity contribution in [2.75, 3.05) is 7.11 Å². The molecule has 7 heteroatoms. The number of halogens is 1. The van der Waals surface area contributed by atoms with E-state index in [2.05, 4.69) is 4.74 Å². The van der Waals surface area contributed by atoms with Gasteiger partial charge in [-0.1, -0.05) is 17.7 Å². The van der Waals surface area contributed by atoms with Gasteiger partial charge in [-0.3, -0.25) is 0 Å². The topological polar surface area (TPSA) is 104 Å². The van der Waals surface area contributed by atoms with E-state index in [1.54, 1.807) is 0 Å². The number of ether oxygens (including phenoxy) is 1. The molecule has 1 rings (SSSR count). The van der Waals surface area contributed by atoms with E-state index in [1.165, 1.54) is 12.1 Å². The molecule has 0 aliphatic heterocycles. The Bertz CT molecular complexity index is 473. The van der Waals surface area contributed by atoms with Crippen LogP contribution in [-0.2, 0) is 9.53 Å². The first-order valence-electron chi connectivity index (χ1n) is 4.85. The smallest absolute Gasteiger partial charge is 0.337 e. The molecular weight excluding hydrogens is 264 g/mol. The van der Waals surface area contributed by atoms with Crippen LogP contribution in [0.1, 0.15) is 22.0 Å². The van der Waals surface area contributed by atoms with Gasteiger partial charge in [0, 0.05) is 0 Å². The van der Waals surface area contributed by atoms with Gasteiger partial charge in [-0.25, -0.2) is 9.59 Å². The Morgan fingerprint density at radius 2 is 1.94 bits per heavy atom. The highest BCUT2D eigenvalue weighted by Gasteiger charge is 2.27. The maximum absolute atomic E-state index is 11.0. The van der Waals surface area contributed by atoms with E-state index in [0.29, 0.717) is 0 Å². The van der Waals surface area contributed by atoms with E-state index < -0.39 is 24.1 Å². The largest absolute Gasteiger partial charge is 0.478 e. The number of methoxy groups -OCH3 is 1. The van der Waals surface area contributed by atoms with E-state index in [1.807, 2.05) is 0 Å². The molecule has 98 valence electrons. The highest BCUT2D eigenvalue weighted by Crippen LogP contribution is 2.24. The molecule has 2 atom stereocenters. The SMILES string of the molecule is COC(=O)C(O)C(O)c1ccc(Cl)c(C(=O)O)c1. The lowest BCUT2D eigenvalue weighted by Crippen LogP contribution is -2.29. The minimum atomic E-state index is -1.79. The van der Waals surface area contributed by atoms with E-state index in [0.717, 1.165) is 13.2 Å². The van der Waals surface area contributed by atoms with Crippen LogP contribution in [0.2, 0.25) is 5.02 Å². The zero-order valence-corrected chi connectivity index (χ0v) is 10.1. The molecule has 0 bridgehead atoms. The molecule has 0 aliphatic rings. The lowest BCUT2D eigenvalue weighted by atomic mass is 10.0. The van der Waals surface area contributed by atoms with Gasteiger partial charge < -0.3 is 20.1 Å².